The smallest absolute Gasteiger partial charge is 0.419 e. The first-order valence-electron chi connectivity index (χ1n) is 4.09. The summed E-state index contributed by atoms with van der Waals surface area (Å²) >= 11 is 0. The van der Waals surface area contributed by atoms with Crippen LogP contribution in [0.3, 0.4) is 0 Å². The van der Waals surface area contributed by atoms with Crippen LogP contribution >= 0.6 is 0 Å². The van der Waals surface area contributed by atoms with Crippen LogP contribution in [0.5, 0.6) is 11.5 Å². The van der Waals surface area contributed by atoms with E-state index in [0.717, 1.165) is 6.07 Å². The molecule has 0 saturated heterocycles. The van der Waals surface area contributed by atoms with Crippen molar-refractivity contribution in [3.05, 3.63) is 23.5 Å². The van der Waals surface area contributed by atoms with Gasteiger partial charge in [-0.2, -0.15) is 13.2 Å². The molecule has 0 fully saturated rings. The molecule has 2 nitrogen and oxygen atoms in total. The second-order valence-corrected chi connectivity index (χ2v) is 2.70. The molecule has 1 aromatic rings. The number of benzene rings is 1. The molecule has 0 aliphatic carbocycles. The molecule has 1 N–H and O–H groups in total. The first-order valence-corrected chi connectivity index (χ1v) is 4.09. The molecule has 1 rings (SSSR count). The summed E-state index contributed by atoms with van der Waals surface area (Å²) in [4.78, 5) is 0. The highest BCUT2D eigenvalue weighted by Gasteiger charge is 2.36. The van der Waals surface area contributed by atoms with Gasteiger partial charge in [0, 0.05) is 0 Å². The quantitative estimate of drug-likeness (QED) is 0.782. The SMILES string of the molecule is CCOc1ccc(C(F)(F)F)c(F)c1O. The lowest BCUT2D eigenvalue weighted by molar-refractivity contribution is -0.140. The lowest BCUT2D eigenvalue weighted by Crippen LogP contribution is -2.08. The van der Waals surface area contributed by atoms with Crippen molar-refractivity contribution in [2.75, 3.05) is 6.61 Å². The van der Waals surface area contributed by atoms with E-state index in [4.69, 9.17) is 9.84 Å². The topological polar surface area (TPSA) is 29.5 Å². The van der Waals surface area contributed by atoms with Crippen LogP contribution in [0.1, 0.15) is 12.5 Å². The molecule has 0 atom stereocenters. The predicted molar refractivity (Wildman–Crippen MR) is 44.2 cm³/mol. The zero-order chi connectivity index (χ0) is 11.6. The van der Waals surface area contributed by atoms with Crippen molar-refractivity contribution in [2.45, 2.75) is 13.1 Å². The summed E-state index contributed by atoms with van der Waals surface area (Å²) in [6.45, 7) is 1.69. The molecule has 0 aromatic heterocycles. The van der Waals surface area contributed by atoms with Gasteiger partial charge in [0.1, 0.15) is 0 Å². The number of ether oxygens (including phenoxy) is 1. The molecule has 0 radical (unpaired) electrons. The molecule has 0 heterocycles. The molecule has 0 unspecified atom stereocenters. The molecule has 84 valence electrons. The first-order chi connectivity index (χ1) is 6.88. The number of halogens is 4. The van der Waals surface area contributed by atoms with Crippen molar-refractivity contribution in [3.63, 3.8) is 0 Å². The summed E-state index contributed by atoms with van der Waals surface area (Å²) in [5.41, 5.74) is -1.51. The van der Waals surface area contributed by atoms with Gasteiger partial charge in [0.15, 0.2) is 17.3 Å². The number of hydrogen-bond acceptors (Lipinski definition) is 2. The van der Waals surface area contributed by atoms with E-state index in [1.807, 2.05) is 0 Å². The van der Waals surface area contributed by atoms with E-state index in [0.29, 0.717) is 6.07 Å². The minimum Gasteiger partial charge on any atom is -0.502 e. The van der Waals surface area contributed by atoms with Gasteiger partial charge in [-0.25, -0.2) is 4.39 Å². The van der Waals surface area contributed by atoms with Gasteiger partial charge in [0.25, 0.3) is 0 Å². The average molecular weight is 224 g/mol. The summed E-state index contributed by atoms with van der Waals surface area (Å²) < 4.78 is 54.2. The summed E-state index contributed by atoms with van der Waals surface area (Å²) in [5.74, 6) is -3.14. The lowest BCUT2D eigenvalue weighted by Gasteiger charge is -2.11. The van der Waals surface area contributed by atoms with Gasteiger partial charge in [-0.3, -0.25) is 0 Å². The molecule has 0 amide bonds. The summed E-state index contributed by atoms with van der Waals surface area (Å²) in [6.07, 6.45) is -4.83. The Hall–Kier alpha value is -1.46. The third-order valence-electron chi connectivity index (χ3n) is 1.68. The Morgan fingerprint density at radius 3 is 2.40 bits per heavy atom. The fourth-order valence-corrected chi connectivity index (χ4v) is 1.04. The fourth-order valence-electron chi connectivity index (χ4n) is 1.04. The van der Waals surface area contributed by atoms with Crippen LogP contribution in [0, 0.1) is 5.82 Å². The third-order valence-corrected chi connectivity index (χ3v) is 1.68. The van der Waals surface area contributed by atoms with Crippen LogP contribution in [-0.2, 0) is 6.18 Å². The van der Waals surface area contributed by atoms with Crippen molar-refractivity contribution in [2.24, 2.45) is 0 Å². The predicted octanol–water partition coefficient (Wildman–Crippen LogP) is 2.95. The van der Waals surface area contributed by atoms with Gasteiger partial charge in [-0.1, -0.05) is 0 Å². The Morgan fingerprint density at radius 2 is 1.93 bits per heavy atom. The maximum atomic E-state index is 13.0. The lowest BCUT2D eigenvalue weighted by atomic mass is 10.2. The van der Waals surface area contributed by atoms with E-state index in [1.165, 1.54) is 0 Å². The number of phenols is 1. The number of hydrogen-bond donors (Lipinski definition) is 1. The molecule has 6 heteroatoms. The molecular formula is C9H8F4O2. The van der Waals surface area contributed by atoms with Crippen LogP contribution in [0.25, 0.3) is 0 Å². The Bertz CT molecular complexity index is 360. The number of rotatable bonds is 2. The Labute approximate surface area is 83.1 Å². The van der Waals surface area contributed by atoms with Crippen LogP contribution in [0.15, 0.2) is 12.1 Å². The van der Waals surface area contributed by atoms with Gasteiger partial charge in [0.05, 0.1) is 12.2 Å². The number of phenolic OH excluding ortho intramolecular Hbond substituents is 1. The van der Waals surface area contributed by atoms with Crippen molar-refractivity contribution in [1.82, 2.24) is 0 Å². The van der Waals surface area contributed by atoms with Crippen molar-refractivity contribution < 1.29 is 27.4 Å². The summed E-state index contributed by atoms with van der Waals surface area (Å²) in [5, 5.41) is 9.07. The minimum absolute atomic E-state index is 0.123. The zero-order valence-corrected chi connectivity index (χ0v) is 7.73. The van der Waals surface area contributed by atoms with Crippen molar-refractivity contribution in [1.29, 1.82) is 0 Å². The van der Waals surface area contributed by atoms with E-state index in [-0.39, 0.29) is 12.4 Å². The van der Waals surface area contributed by atoms with E-state index >= 15 is 0 Å². The van der Waals surface area contributed by atoms with Gasteiger partial charge >= 0.3 is 6.18 Å². The Morgan fingerprint density at radius 1 is 1.33 bits per heavy atom. The van der Waals surface area contributed by atoms with E-state index in [1.54, 1.807) is 6.92 Å². The second-order valence-electron chi connectivity index (χ2n) is 2.70. The molecule has 0 aliphatic rings. The van der Waals surface area contributed by atoms with Crippen LogP contribution in [0.2, 0.25) is 0 Å². The monoisotopic (exact) mass is 224 g/mol. The Kier molecular flexibility index (Phi) is 3.06. The highest BCUT2D eigenvalue weighted by atomic mass is 19.4. The van der Waals surface area contributed by atoms with E-state index in [2.05, 4.69) is 0 Å². The Balaban J connectivity index is 3.21. The van der Waals surface area contributed by atoms with Crippen LogP contribution in [0.4, 0.5) is 17.6 Å². The maximum Gasteiger partial charge on any atom is 0.419 e. The third kappa shape index (κ3) is 2.31. The van der Waals surface area contributed by atoms with Crippen molar-refractivity contribution >= 4 is 0 Å². The highest BCUT2D eigenvalue weighted by Crippen LogP contribution is 2.38. The van der Waals surface area contributed by atoms with Crippen LogP contribution < -0.4 is 4.74 Å². The summed E-state index contributed by atoms with van der Waals surface area (Å²) in [7, 11) is 0. The van der Waals surface area contributed by atoms with Gasteiger partial charge < -0.3 is 9.84 Å². The van der Waals surface area contributed by atoms with E-state index in [9.17, 15) is 17.6 Å². The second kappa shape index (κ2) is 3.96. The molecule has 15 heavy (non-hydrogen) atoms. The fraction of sp³-hybridized carbons (Fsp3) is 0.333. The normalized spacial score (nSPS) is 11.5. The first kappa shape index (κ1) is 11.6. The molecule has 0 aliphatic heterocycles. The minimum atomic E-state index is -4.83. The highest BCUT2D eigenvalue weighted by molar-refractivity contribution is 5.44. The van der Waals surface area contributed by atoms with Crippen molar-refractivity contribution in [3.8, 4) is 11.5 Å². The number of alkyl halides is 3. The van der Waals surface area contributed by atoms with Gasteiger partial charge in [0.2, 0.25) is 0 Å². The van der Waals surface area contributed by atoms with Gasteiger partial charge in [-0.15, -0.1) is 0 Å². The molecule has 0 saturated carbocycles. The largest absolute Gasteiger partial charge is 0.502 e. The van der Waals surface area contributed by atoms with Crippen LogP contribution in [-0.4, -0.2) is 11.7 Å². The molecular weight excluding hydrogens is 216 g/mol. The standard InChI is InChI=1S/C9H8F4O2/c1-2-15-6-4-3-5(9(11,12)13)7(10)8(6)14/h3-4,14H,2H2,1H3. The summed E-state index contributed by atoms with van der Waals surface area (Å²) in [6, 6.07) is 1.41. The average Bonchev–Trinajstić information content (AvgIpc) is 2.11. The maximum absolute atomic E-state index is 13.0. The molecule has 0 spiro atoms. The van der Waals surface area contributed by atoms with E-state index < -0.39 is 23.3 Å². The number of aromatic hydroxyl groups is 1. The zero-order valence-electron chi connectivity index (χ0n) is 7.73. The molecule has 0 bridgehead atoms. The molecule has 1 aromatic carbocycles. The van der Waals surface area contributed by atoms with Gasteiger partial charge in [-0.05, 0) is 19.1 Å².